The summed E-state index contributed by atoms with van der Waals surface area (Å²) in [7, 11) is 0. The van der Waals surface area contributed by atoms with Crippen molar-refractivity contribution in [3.63, 3.8) is 0 Å². The fraction of sp³-hybridized carbons (Fsp3) is 0.321. The number of hydrogen-bond donors (Lipinski definition) is 1. The molecule has 32 heavy (non-hydrogen) atoms. The first-order valence-corrected chi connectivity index (χ1v) is 11.0. The number of aliphatic hydroxyl groups is 1. The first kappa shape index (κ1) is 22.2. The van der Waals surface area contributed by atoms with Gasteiger partial charge in [0.25, 0.3) is 0 Å². The van der Waals surface area contributed by atoms with Gasteiger partial charge in [-0.1, -0.05) is 56.3 Å². The number of halogens is 1. The van der Waals surface area contributed by atoms with Crippen LogP contribution in [0.3, 0.4) is 0 Å². The predicted octanol–water partition coefficient (Wildman–Crippen LogP) is 5.92. The Morgan fingerprint density at radius 2 is 1.94 bits per heavy atom. The number of rotatable bonds is 3. The maximum absolute atomic E-state index is 14.1. The van der Waals surface area contributed by atoms with E-state index in [1.54, 1.807) is 6.92 Å². The summed E-state index contributed by atoms with van der Waals surface area (Å²) in [4.78, 5) is 11.8. The number of carbonyl (C=O) groups excluding carboxylic acids is 1. The van der Waals surface area contributed by atoms with Gasteiger partial charge in [-0.2, -0.15) is 0 Å². The second-order valence-electron chi connectivity index (χ2n) is 9.32. The Morgan fingerprint density at radius 1 is 1.16 bits per heavy atom. The second-order valence-corrected chi connectivity index (χ2v) is 9.32. The van der Waals surface area contributed by atoms with Crippen molar-refractivity contribution >= 4 is 17.6 Å². The van der Waals surface area contributed by atoms with Crippen LogP contribution in [0, 0.1) is 25.1 Å². The molecule has 0 aromatic heterocycles. The number of ether oxygens (including phenoxy) is 1. The SMILES string of the molecule is Cc1cc(C2=C(C=C[C@H]3C[C@H](O)CC(=O)O3)C(C)(C)C=Cc3c(C)cccc32)ccc1F. The minimum atomic E-state index is -0.690. The molecule has 2 aromatic rings. The summed E-state index contributed by atoms with van der Waals surface area (Å²) in [6.07, 6.45) is 7.46. The molecule has 4 rings (SSSR count). The molecule has 1 aliphatic carbocycles. The van der Waals surface area contributed by atoms with Crippen LogP contribution in [-0.4, -0.2) is 23.3 Å². The first-order valence-electron chi connectivity index (χ1n) is 11.0. The normalized spacial score (nSPS) is 22.6. The van der Waals surface area contributed by atoms with Gasteiger partial charge in [-0.25, -0.2) is 4.39 Å². The minimum Gasteiger partial charge on any atom is -0.458 e. The van der Waals surface area contributed by atoms with Gasteiger partial charge in [0.15, 0.2) is 0 Å². The Labute approximate surface area is 188 Å². The van der Waals surface area contributed by atoms with Crippen LogP contribution in [0.25, 0.3) is 11.6 Å². The summed E-state index contributed by atoms with van der Waals surface area (Å²) in [6, 6.07) is 11.4. The number of esters is 1. The van der Waals surface area contributed by atoms with Crippen LogP contribution in [0.1, 0.15) is 54.5 Å². The van der Waals surface area contributed by atoms with Crippen LogP contribution in [0.2, 0.25) is 0 Å². The van der Waals surface area contributed by atoms with Gasteiger partial charge < -0.3 is 9.84 Å². The van der Waals surface area contributed by atoms with Crippen LogP contribution in [0.5, 0.6) is 0 Å². The predicted molar refractivity (Wildman–Crippen MR) is 125 cm³/mol. The maximum atomic E-state index is 14.1. The molecule has 1 fully saturated rings. The Morgan fingerprint density at radius 3 is 2.66 bits per heavy atom. The summed E-state index contributed by atoms with van der Waals surface area (Å²) >= 11 is 0. The number of hydrogen-bond acceptors (Lipinski definition) is 3. The fourth-order valence-electron chi connectivity index (χ4n) is 4.51. The summed E-state index contributed by atoms with van der Waals surface area (Å²) in [5.74, 6) is -0.618. The van der Waals surface area contributed by atoms with Crippen LogP contribution in [0.15, 0.2) is 60.2 Å². The monoisotopic (exact) mass is 432 g/mol. The quantitative estimate of drug-likeness (QED) is 0.613. The van der Waals surface area contributed by atoms with E-state index in [2.05, 4.69) is 45.1 Å². The molecule has 1 saturated heterocycles. The Bertz CT molecular complexity index is 1150. The van der Waals surface area contributed by atoms with Crippen LogP contribution in [-0.2, 0) is 9.53 Å². The molecule has 0 bridgehead atoms. The van der Waals surface area contributed by atoms with Gasteiger partial charge in [0.2, 0.25) is 0 Å². The van der Waals surface area contributed by atoms with Crippen molar-refractivity contribution in [2.24, 2.45) is 5.41 Å². The molecule has 2 atom stereocenters. The van der Waals surface area contributed by atoms with E-state index in [1.807, 2.05) is 30.4 Å². The number of allylic oxidation sites excluding steroid dienone is 3. The molecule has 2 aliphatic rings. The molecule has 0 radical (unpaired) electrons. The summed E-state index contributed by atoms with van der Waals surface area (Å²) in [5.41, 5.74) is 6.65. The van der Waals surface area contributed by atoms with Gasteiger partial charge in [0.05, 0.1) is 12.5 Å². The molecule has 2 aromatic carbocycles. The Hall–Kier alpha value is -2.98. The second kappa shape index (κ2) is 8.51. The molecule has 0 amide bonds. The van der Waals surface area contributed by atoms with E-state index in [0.29, 0.717) is 12.0 Å². The molecule has 0 unspecified atom stereocenters. The Kier molecular flexibility index (Phi) is 5.91. The maximum Gasteiger partial charge on any atom is 0.309 e. The Balaban J connectivity index is 1.94. The number of cyclic esters (lactones) is 1. The number of carbonyl (C=O) groups is 1. The lowest BCUT2D eigenvalue weighted by Crippen LogP contribution is -2.31. The lowest BCUT2D eigenvalue weighted by molar-refractivity contribution is -0.156. The van der Waals surface area contributed by atoms with Crippen molar-refractivity contribution in [2.75, 3.05) is 0 Å². The highest BCUT2D eigenvalue weighted by Crippen LogP contribution is 2.44. The van der Waals surface area contributed by atoms with E-state index in [1.165, 1.54) is 11.6 Å². The summed E-state index contributed by atoms with van der Waals surface area (Å²) in [5, 5.41) is 9.99. The molecule has 1 heterocycles. The third-order valence-electron chi connectivity index (χ3n) is 6.34. The van der Waals surface area contributed by atoms with Gasteiger partial charge in [-0.15, -0.1) is 0 Å². The molecular weight excluding hydrogens is 403 g/mol. The van der Waals surface area contributed by atoms with Gasteiger partial charge in [0, 0.05) is 11.8 Å². The van der Waals surface area contributed by atoms with Crippen molar-refractivity contribution < 1.29 is 19.0 Å². The number of benzene rings is 2. The average Bonchev–Trinajstić information content (AvgIpc) is 2.82. The minimum absolute atomic E-state index is 0.0357. The smallest absolute Gasteiger partial charge is 0.309 e. The van der Waals surface area contributed by atoms with Crippen molar-refractivity contribution in [3.8, 4) is 0 Å². The van der Waals surface area contributed by atoms with E-state index >= 15 is 0 Å². The van der Waals surface area contributed by atoms with Crippen molar-refractivity contribution in [1.29, 1.82) is 0 Å². The number of fused-ring (bicyclic) bond motifs is 1. The molecule has 1 aliphatic heterocycles. The van der Waals surface area contributed by atoms with Crippen LogP contribution < -0.4 is 0 Å². The molecule has 1 N–H and O–H groups in total. The number of aliphatic hydroxyl groups excluding tert-OH is 1. The molecule has 4 heteroatoms. The summed E-state index contributed by atoms with van der Waals surface area (Å²) in [6.45, 7) is 8.15. The van der Waals surface area contributed by atoms with Gasteiger partial charge >= 0.3 is 5.97 Å². The van der Waals surface area contributed by atoms with Gasteiger partial charge in [0.1, 0.15) is 11.9 Å². The molecule has 0 spiro atoms. The highest BCUT2D eigenvalue weighted by Gasteiger charge is 2.29. The molecular formula is C28H29FO3. The van der Waals surface area contributed by atoms with Crippen LogP contribution >= 0.6 is 0 Å². The van der Waals surface area contributed by atoms with Crippen LogP contribution in [0.4, 0.5) is 4.39 Å². The highest BCUT2D eigenvalue weighted by molar-refractivity contribution is 5.90. The van der Waals surface area contributed by atoms with Gasteiger partial charge in [-0.05, 0) is 71.0 Å². The largest absolute Gasteiger partial charge is 0.458 e. The number of aryl methyl sites for hydroxylation is 2. The zero-order valence-electron chi connectivity index (χ0n) is 19.0. The highest BCUT2D eigenvalue weighted by atomic mass is 19.1. The third-order valence-corrected chi connectivity index (χ3v) is 6.34. The van der Waals surface area contributed by atoms with E-state index in [0.717, 1.165) is 27.8 Å². The molecule has 0 saturated carbocycles. The third kappa shape index (κ3) is 4.33. The van der Waals surface area contributed by atoms with E-state index in [-0.39, 0.29) is 23.6 Å². The standard InChI is InChI=1S/C28H29FO3/c1-17-6-5-7-23-22(17)12-13-28(3,4)24(10-9-21-15-20(30)16-26(31)32-21)27(23)19-8-11-25(29)18(2)14-19/h5-14,20-21,30H,15-16H2,1-4H3/t20-,21-/m0/s1. The fourth-order valence-corrected chi connectivity index (χ4v) is 4.51. The lowest BCUT2D eigenvalue weighted by Gasteiger charge is -2.27. The molecule has 166 valence electrons. The average molecular weight is 433 g/mol. The topological polar surface area (TPSA) is 46.5 Å². The van der Waals surface area contributed by atoms with E-state index in [9.17, 15) is 14.3 Å². The van der Waals surface area contributed by atoms with Gasteiger partial charge in [-0.3, -0.25) is 4.79 Å². The van der Waals surface area contributed by atoms with Crippen molar-refractivity contribution in [2.45, 2.75) is 52.7 Å². The molecule has 3 nitrogen and oxygen atoms in total. The van der Waals surface area contributed by atoms with Crippen molar-refractivity contribution in [1.82, 2.24) is 0 Å². The van der Waals surface area contributed by atoms with E-state index in [4.69, 9.17) is 4.74 Å². The van der Waals surface area contributed by atoms with Crippen molar-refractivity contribution in [3.05, 3.63) is 93.8 Å². The first-order chi connectivity index (χ1) is 15.2. The zero-order chi connectivity index (χ0) is 23.0. The van der Waals surface area contributed by atoms with E-state index < -0.39 is 12.2 Å². The summed E-state index contributed by atoms with van der Waals surface area (Å²) < 4.78 is 19.5. The lowest BCUT2D eigenvalue weighted by atomic mass is 9.78. The zero-order valence-corrected chi connectivity index (χ0v) is 19.0.